The van der Waals surface area contributed by atoms with Crippen LogP contribution in [0.1, 0.15) is 52.7 Å². The predicted octanol–water partition coefficient (Wildman–Crippen LogP) is 7.32. The van der Waals surface area contributed by atoms with Crippen molar-refractivity contribution >= 4 is 51.6 Å². The molecular weight excluding hydrogens is 699 g/mol. The third-order valence-corrected chi connectivity index (χ3v) is 9.74. The van der Waals surface area contributed by atoms with Crippen molar-refractivity contribution in [2.75, 3.05) is 44.0 Å². The van der Waals surface area contributed by atoms with Gasteiger partial charge in [-0.2, -0.15) is 0 Å². The van der Waals surface area contributed by atoms with Gasteiger partial charge in [0.25, 0.3) is 0 Å². The summed E-state index contributed by atoms with van der Waals surface area (Å²) in [6, 6.07) is 21.3. The number of nitrogens with zero attached hydrogens (tertiary/aromatic N) is 3. The fourth-order valence-corrected chi connectivity index (χ4v) is 4.61. The standard InChI is InChI=1S/C35H48N4O4S.HI/c1-9-44(7,8)22-21-41-25-38-32(28-13-11-10-12-14-28)39-31(36)27-17-15-26(16-18-27)29-19-20-30(37-23-29)42-24-35(5,6)33(40)43-34(2,3)4;/h10-20,23H,9,21-22,24-25H2,1-8H3,(H2,36,38,39);1H. The van der Waals surface area contributed by atoms with Crippen LogP contribution in [0, 0.1) is 5.41 Å². The van der Waals surface area contributed by atoms with Crippen LogP contribution >= 0.6 is 34.0 Å². The molecule has 0 amide bonds. The number of amidine groups is 2. The summed E-state index contributed by atoms with van der Waals surface area (Å²) in [5, 5.41) is 0. The van der Waals surface area contributed by atoms with E-state index in [0.717, 1.165) is 28.0 Å². The topological polar surface area (TPSA) is 108 Å². The van der Waals surface area contributed by atoms with Crippen molar-refractivity contribution in [2.45, 2.75) is 47.1 Å². The number of hydrogen-bond donors (Lipinski definition) is 1. The number of carbonyl (C=O) groups excluding carboxylic acids is 1. The van der Waals surface area contributed by atoms with Crippen LogP contribution in [0.25, 0.3) is 11.1 Å². The minimum Gasteiger partial charge on any atom is -0.476 e. The number of nitrogens with two attached hydrogens (primary N) is 1. The number of rotatable bonds is 13. The molecule has 0 saturated heterocycles. The lowest BCUT2D eigenvalue weighted by Gasteiger charge is -2.28. The van der Waals surface area contributed by atoms with Crippen LogP contribution in [0.4, 0.5) is 0 Å². The van der Waals surface area contributed by atoms with E-state index in [4.69, 9.17) is 19.9 Å². The van der Waals surface area contributed by atoms with E-state index in [2.05, 4.69) is 34.4 Å². The van der Waals surface area contributed by atoms with E-state index in [1.165, 1.54) is 5.75 Å². The molecule has 246 valence electrons. The van der Waals surface area contributed by atoms with Crippen molar-refractivity contribution in [1.82, 2.24) is 4.98 Å². The fourth-order valence-electron chi connectivity index (χ4n) is 3.76. The molecule has 0 atom stereocenters. The normalized spacial score (nSPS) is 13.2. The Kier molecular flexibility index (Phi) is 14.5. The molecule has 3 rings (SSSR count). The highest BCUT2D eigenvalue weighted by Crippen LogP contribution is 2.38. The molecule has 0 radical (unpaired) electrons. The lowest BCUT2D eigenvalue weighted by Crippen LogP contribution is -2.37. The van der Waals surface area contributed by atoms with E-state index in [-0.39, 0.29) is 43.3 Å². The van der Waals surface area contributed by atoms with Crippen molar-refractivity contribution in [3.8, 4) is 17.0 Å². The first kappa shape index (κ1) is 38.2. The second-order valence-corrected chi connectivity index (χ2v) is 17.3. The average molecular weight is 749 g/mol. The second kappa shape index (κ2) is 17.1. The van der Waals surface area contributed by atoms with Crippen molar-refractivity contribution in [2.24, 2.45) is 21.1 Å². The molecule has 2 aromatic carbocycles. The monoisotopic (exact) mass is 748 g/mol. The number of halogens is 1. The zero-order valence-electron chi connectivity index (χ0n) is 27.8. The summed E-state index contributed by atoms with van der Waals surface area (Å²) in [5.41, 5.74) is 8.62. The van der Waals surface area contributed by atoms with Crippen LogP contribution in [0.15, 0.2) is 82.9 Å². The highest BCUT2D eigenvalue weighted by Gasteiger charge is 2.33. The number of aromatic nitrogens is 1. The van der Waals surface area contributed by atoms with Gasteiger partial charge in [-0.25, -0.2) is 25.0 Å². The van der Waals surface area contributed by atoms with Crippen LogP contribution in [0.5, 0.6) is 5.88 Å². The maximum absolute atomic E-state index is 12.5. The number of aliphatic imine (C=N–C) groups is 2. The van der Waals surface area contributed by atoms with E-state index < -0.39 is 21.0 Å². The molecule has 3 aromatic rings. The Labute approximate surface area is 287 Å². The quantitative estimate of drug-likeness (QED) is 0.0646. The Bertz CT molecular complexity index is 1420. The van der Waals surface area contributed by atoms with Gasteiger partial charge in [0, 0.05) is 34.7 Å². The molecule has 1 heterocycles. The summed E-state index contributed by atoms with van der Waals surface area (Å²) < 4.78 is 17.2. The first-order valence-corrected chi connectivity index (χ1v) is 17.6. The van der Waals surface area contributed by atoms with Gasteiger partial charge in [-0.1, -0.05) is 61.5 Å². The number of hydrogen-bond acceptors (Lipinski definition) is 6. The molecule has 0 aliphatic rings. The Morgan fingerprint density at radius 1 is 0.911 bits per heavy atom. The Hall–Kier alpha value is -2.96. The molecule has 0 unspecified atom stereocenters. The summed E-state index contributed by atoms with van der Waals surface area (Å²) in [7, 11) is -0.616. The van der Waals surface area contributed by atoms with Crippen LogP contribution in [0.3, 0.4) is 0 Å². The molecule has 8 nitrogen and oxygen atoms in total. The van der Waals surface area contributed by atoms with Gasteiger partial charge in [0.2, 0.25) is 5.88 Å². The van der Waals surface area contributed by atoms with E-state index in [1.54, 1.807) is 26.1 Å². The number of ether oxygens (including phenoxy) is 3. The van der Waals surface area contributed by atoms with Crippen molar-refractivity contribution < 1.29 is 19.0 Å². The average Bonchev–Trinajstić information content (AvgIpc) is 2.99. The largest absolute Gasteiger partial charge is 0.476 e. The molecule has 1 aromatic heterocycles. The number of pyridine rings is 1. The summed E-state index contributed by atoms with van der Waals surface area (Å²) >= 11 is 0. The molecular formula is C35H49IN4O4S. The van der Waals surface area contributed by atoms with Gasteiger partial charge < -0.3 is 19.9 Å². The van der Waals surface area contributed by atoms with Crippen molar-refractivity contribution in [3.63, 3.8) is 0 Å². The van der Waals surface area contributed by atoms with Gasteiger partial charge >= 0.3 is 5.97 Å². The molecule has 0 aliphatic carbocycles. The molecule has 2 N–H and O–H groups in total. The molecule has 0 aliphatic heterocycles. The Morgan fingerprint density at radius 2 is 1.56 bits per heavy atom. The van der Waals surface area contributed by atoms with Crippen LogP contribution in [-0.2, 0) is 14.3 Å². The van der Waals surface area contributed by atoms with Gasteiger partial charge in [0.1, 0.15) is 24.8 Å². The summed E-state index contributed by atoms with van der Waals surface area (Å²) in [5.74, 6) is 3.25. The fraction of sp³-hybridized carbons (Fsp3) is 0.429. The SMILES string of the molecule is CCS(C)(C)CCOC/N=C(/N=C(N)c1ccc(-c2ccc(OCC(C)(C)C(=O)OC(C)(C)C)nc2)cc1)c1ccccc1.I. The van der Waals surface area contributed by atoms with Crippen LogP contribution in [0.2, 0.25) is 0 Å². The molecule has 0 bridgehead atoms. The summed E-state index contributed by atoms with van der Waals surface area (Å²) in [4.78, 5) is 26.2. The Morgan fingerprint density at radius 3 is 2.13 bits per heavy atom. The van der Waals surface area contributed by atoms with Crippen molar-refractivity contribution in [1.29, 1.82) is 0 Å². The van der Waals surface area contributed by atoms with E-state index in [0.29, 0.717) is 24.2 Å². The third-order valence-electron chi connectivity index (χ3n) is 6.91. The first-order chi connectivity index (χ1) is 20.7. The van der Waals surface area contributed by atoms with Gasteiger partial charge in [0.05, 0.1) is 12.0 Å². The minimum absolute atomic E-state index is 0. The van der Waals surface area contributed by atoms with E-state index in [9.17, 15) is 4.79 Å². The zero-order chi connectivity index (χ0) is 32.4. The highest BCUT2D eigenvalue weighted by atomic mass is 127. The lowest BCUT2D eigenvalue weighted by atomic mass is 9.94. The molecule has 0 fully saturated rings. The number of carbonyl (C=O) groups is 1. The molecule has 45 heavy (non-hydrogen) atoms. The van der Waals surface area contributed by atoms with Crippen LogP contribution < -0.4 is 10.5 Å². The molecule has 0 saturated carbocycles. The first-order valence-electron chi connectivity index (χ1n) is 14.8. The van der Waals surface area contributed by atoms with E-state index in [1.807, 2.05) is 81.4 Å². The van der Waals surface area contributed by atoms with Crippen LogP contribution in [-0.4, -0.2) is 72.2 Å². The zero-order valence-corrected chi connectivity index (χ0v) is 31.0. The predicted molar refractivity (Wildman–Crippen MR) is 200 cm³/mol. The summed E-state index contributed by atoms with van der Waals surface area (Å²) in [6.45, 7) is 12.4. The van der Waals surface area contributed by atoms with Gasteiger partial charge in [-0.3, -0.25) is 4.79 Å². The maximum Gasteiger partial charge on any atom is 0.315 e. The lowest BCUT2D eigenvalue weighted by molar-refractivity contribution is -0.167. The number of benzene rings is 2. The smallest absolute Gasteiger partial charge is 0.315 e. The Balaban J connectivity index is 0.00000705. The minimum atomic E-state index is -0.810. The summed E-state index contributed by atoms with van der Waals surface area (Å²) in [6.07, 6.45) is 6.39. The highest BCUT2D eigenvalue weighted by molar-refractivity contribution is 14.0. The molecule has 0 spiro atoms. The maximum atomic E-state index is 12.5. The van der Waals surface area contributed by atoms with Crippen molar-refractivity contribution in [3.05, 3.63) is 84.1 Å². The molecule has 10 heteroatoms. The van der Waals surface area contributed by atoms with Gasteiger partial charge in [0.15, 0.2) is 5.84 Å². The van der Waals surface area contributed by atoms with E-state index >= 15 is 0 Å². The second-order valence-electron chi connectivity index (χ2n) is 12.8. The number of esters is 1. The van der Waals surface area contributed by atoms with Gasteiger partial charge in [-0.15, -0.1) is 24.0 Å². The third kappa shape index (κ3) is 12.8. The van der Waals surface area contributed by atoms with Gasteiger partial charge in [-0.05, 0) is 64.5 Å².